The molecule has 0 unspecified atom stereocenters. The summed E-state index contributed by atoms with van der Waals surface area (Å²) >= 11 is 0. The zero-order valence-corrected chi connectivity index (χ0v) is 25.8. The maximum atomic E-state index is 11.9. The molecule has 44 heavy (non-hydrogen) atoms. The molecule has 0 saturated carbocycles. The topological polar surface area (TPSA) is 83.1 Å². The van der Waals surface area contributed by atoms with E-state index in [1.165, 1.54) is 5.56 Å². The number of ether oxygens (including phenoxy) is 2. The molecule has 0 aliphatic carbocycles. The van der Waals surface area contributed by atoms with Crippen molar-refractivity contribution in [3.05, 3.63) is 131 Å². The van der Waals surface area contributed by atoms with Crippen LogP contribution in [0.5, 0.6) is 0 Å². The number of nitrogens with one attached hydrogen (secondary N) is 2. The Morgan fingerprint density at radius 1 is 0.864 bits per heavy atom. The number of aliphatic hydroxyl groups excluding tert-OH is 1. The van der Waals surface area contributed by atoms with Crippen LogP contribution in [-0.2, 0) is 22.6 Å². The lowest BCUT2D eigenvalue weighted by Crippen LogP contribution is -2.38. The van der Waals surface area contributed by atoms with E-state index in [1.54, 1.807) is 0 Å². The number of urea groups is 1. The van der Waals surface area contributed by atoms with Gasteiger partial charge in [-0.3, -0.25) is 4.90 Å². The van der Waals surface area contributed by atoms with Crippen molar-refractivity contribution in [3.63, 3.8) is 0 Å². The van der Waals surface area contributed by atoms with Crippen LogP contribution in [0.2, 0.25) is 0 Å². The second-order valence-electron chi connectivity index (χ2n) is 11.4. The van der Waals surface area contributed by atoms with Gasteiger partial charge in [-0.1, -0.05) is 91.0 Å². The molecule has 5 rings (SSSR count). The molecule has 4 aromatic rings. The molecule has 1 aliphatic rings. The van der Waals surface area contributed by atoms with Gasteiger partial charge in [-0.25, -0.2) is 4.79 Å². The summed E-state index contributed by atoms with van der Waals surface area (Å²) in [6.07, 6.45) is -0.0282. The van der Waals surface area contributed by atoms with Crippen molar-refractivity contribution >= 4 is 6.03 Å². The van der Waals surface area contributed by atoms with E-state index in [0.717, 1.165) is 46.3 Å². The van der Waals surface area contributed by atoms with Crippen LogP contribution in [-0.4, -0.2) is 42.3 Å². The molecule has 1 heterocycles. The van der Waals surface area contributed by atoms with Gasteiger partial charge < -0.3 is 25.2 Å². The van der Waals surface area contributed by atoms with Gasteiger partial charge in [0, 0.05) is 37.7 Å². The van der Waals surface area contributed by atoms with Crippen LogP contribution < -0.4 is 10.6 Å². The Morgan fingerprint density at radius 2 is 1.59 bits per heavy atom. The Hall–Kier alpha value is -4.01. The number of amides is 2. The van der Waals surface area contributed by atoms with Crippen LogP contribution in [0.25, 0.3) is 11.1 Å². The summed E-state index contributed by atoms with van der Waals surface area (Å²) in [5, 5.41) is 15.2. The lowest BCUT2D eigenvalue weighted by molar-refractivity contribution is -0.253. The van der Waals surface area contributed by atoms with Crippen molar-refractivity contribution in [3.8, 4) is 11.1 Å². The Morgan fingerprint density at radius 3 is 2.32 bits per heavy atom. The molecule has 0 spiro atoms. The van der Waals surface area contributed by atoms with E-state index in [1.807, 2.05) is 55.5 Å². The van der Waals surface area contributed by atoms with Crippen LogP contribution in [0.15, 0.2) is 103 Å². The zero-order chi connectivity index (χ0) is 30.9. The molecule has 1 saturated heterocycles. The number of carbonyl (C=O) groups excluding carboxylic acids is 1. The van der Waals surface area contributed by atoms with Crippen LogP contribution in [0.4, 0.5) is 4.79 Å². The first-order valence-electron chi connectivity index (χ1n) is 15.4. The molecule has 230 valence electrons. The molecule has 0 radical (unpaired) electrons. The van der Waals surface area contributed by atoms with Gasteiger partial charge in [0.25, 0.3) is 0 Å². The molecule has 3 N–H and O–H groups in total. The van der Waals surface area contributed by atoms with E-state index in [4.69, 9.17) is 9.47 Å². The number of carbonyl (C=O) groups is 1. The first-order chi connectivity index (χ1) is 21.4. The van der Waals surface area contributed by atoms with E-state index in [9.17, 15) is 9.90 Å². The second kappa shape index (κ2) is 15.1. The predicted octanol–water partition coefficient (Wildman–Crippen LogP) is 6.90. The highest BCUT2D eigenvalue weighted by Crippen LogP contribution is 2.39. The standard InChI is InChI=1S/C37H43N3O4/c1-4-38-37(42)39-23-28-10-8-13-31(20-28)32-14-9-15-33(21-32)36-43-34(24-40(3)26(2)29-11-6-5-7-12-29)22-35(44-36)30-18-16-27(25-41)17-19-30/h5-21,26,34-36,41H,4,22-25H2,1-3H3,(H2,38,39,42)/t26-,34-,35+,36+/m0/s1. The predicted molar refractivity (Wildman–Crippen MR) is 174 cm³/mol. The average Bonchev–Trinajstić information content (AvgIpc) is 3.07. The van der Waals surface area contributed by atoms with Gasteiger partial charge in [-0.05, 0) is 66.4 Å². The summed E-state index contributed by atoms with van der Waals surface area (Å²) in [6, 6.07) is 35.1. The third kappa shape index (κ3) is 8.12. The fourth-order valence-electron chi connectivity index (χ4n) is 5.63. The monoisotopic (exact) mass is 593 g/mol. The van der Waals surface area contributed by atoms with E-state index >= 15 is 0 Å². The van der Waals surface area contributed by atoms with Crippen molar-refractivity contribution in [1.82, 2.24) is 15.5 Å². The number of rotatable bonds is 11. The Balaban J connectivity index is 1.37. The molecule has 1 aliphatic heterocycles. The highest BCUT2D eigenvalue weighted by molar-refractivity contribution is 5.74. The van der Waals surface area contributed by atoms with Crippen LogP contribution >= 0.6 is 0 Å². The van der Waals surface area contributed by atoms with E-state index in [0.29, 0.717) is 13.1 Å². The van der Waals surface area contributed by atoms with Crippen LogP contribution in [0, 0.1) is 0 Å². The van der Waals surface area contributed by atoms with Gasteiger partial charge in [0.15, 0.2) is 6.29 Å². The van der Waals surface area contributed by atoms with Crippen LogP contribution in [0.3, 0.4) is 0 Å². The largest absolute Gasteiger partial charge is 0.392 e. The van der Waals surface area contributed by atoms with Gasteiger partial charge in [-0.2, -0.15) is 0 Å². The number of hydrogen-bond donors (Lipinski definition) is 3. The van der Waals surface area contributed by atoms with Gasteiger partial charge in [0.2, 0.25) is 0 Å². The maximum absolute atomic E-state index is 11.9. The second-order valence-corrected chi connectivity index (χ2v) is 11.4. The van der Waals surface area contributed by atoms with Gasteiger partial charge in [-0.15, -0.1) is 0 Å². The number of benzene rings is 4. The molecule has 2 amide bonds. The third-order valence-electron chi connectivity index (χ3n) is 8.26. The van der Waals surface area contributed by atoms with Crippen molar-refractivity contribution < 1.29 is 19.4 Å². The fourth-order valence-corrected chi connectivity index (χ4v) is 5.63. The summed E-state index contributed by atoms with van der Waals surface area (Å²) < 4.78 is 13.3. The average molecular weight is 594 g/mol. The molecule has 4 atom stereocenters. The van der Waals surface area contributed by atoms with Crippen molar-refractivity contribution in [2.45, 2.75) is 58.0 Å². The minimum Gasteiger partial charge on any atom is -0.392 e. The summed E-state index contributed by atoms with van der Waals surface area (Å²) in [7, 11) is 2.14. The summed E-state index contributed by atoms with van der Waals surface area (Å²) in [5.41, 5.74) is 7.30. The molecule has 4 aromatic carbocycles. The lowest BCUT2D eigenvalue weighted by Gasteiger charge is -2.39. The smallest absolute Gasteiger partial charge is 0.315 e. The minimum absolute atomic E-state index is 0.0122. The lowest BCUT2D eigenvalue weighted by atomic mass is 9.98. The van der Waals surface area contributed by atoms with Gasteiger partial charge in [0.1, 0.15) is 0 Å². The number of likely N-dealkylation sites (N-methyl/N-ethyl adjacent to an activating group) is 1. The quantitative estimate of drug-likeness (QED) is 0.176. The van der Waals surface area contributed by atoms with Gasteiger partial charge in [0.05, 0.1) is 18.8 Å². The fraction of sp³-hybridized carbons (Fsp3) is 0.324. The molecule has 0 aromatic heterocycles. The molecular weight excluding hydrogens is 550 g/mol. The Bertz CT molecular complexity index is 1490. The number of hydrogen-bond acceptors (Lipinski definition) is 5. The van der Waals surface area contributed by atoms with Crippen molar-refractivity contribution in [2.24, 2.45) is 0 Å². The van der Waals surface area contributed by atoms with Crippen molar-refractivity contribution in [2.75, 3.05) is 20.1 Å². The van der Waals surface area contributed by atoms with Crippen molar-refractivity contribution in [1.29, 1.82) is 0 Å². The third-order valence-corrected chi connectivity index (χ3v) is 8.26. The van der Waals surface area contributed by atoms with E-state index in [2.05, 4.69) is 84.1 Å². The first kappa shape index (κ1) is 31.4. The minimum atomic E-state index is -0.542. The first-order valence-corrected chi connectivity index (χ1v) is 15.4. The highest BCUT2D eigenvalue weighted by Gasteiger charge is 2.33. The van der Waals surface area contributed by atoms with Crippen LogP contribution in [0.1, 0.15) is 66.5 Å². The van der Waals surface area contributed by atoms with Gasteiger partial charge >= 0.3 is 6.03 Å². The highest BCUT2D eigenvalue weighted by atomic mass is 16.7. The van der Waals surface area contributed by atoms with E-state index < -0.39 is 6.29 Å². The molecule has 7 heteroatoms. The summed E-state index contributed by atoms with van der Waals surface area (Å²) in [6.45, 7) is 5.91. The molecule has 0 bridgehead atoms. The summed E-state index contributed by atoms with van der Waals surface area (Å²) in [4.78, 5) is 14.2. The molecule has 1 fully saturated rings. The maximum Gasteiger partial charge on any atom is 0.315 e. The van der Waals surface area contributed by atoms with E-state index in [-0.39, 0.29) is 30.9 Å². The Labute approximate surface area is 260 Å². The summed E-state index contributed by atoms with van der Waals surface area (Å²) in [5.74, 6) is 0. The SMILES string of the molecule is CCNC(=O)NCc1cccc(-c2cccc([C@@H]3O[C@H](CN(C)[C@@H](C)c4ccccc4)C[C@H](c4ccc(CO)cc4)O3)c2)c1. The molecule has 7 nitrogen and oxygen atoms in total. The zero-order valence-electron chi connectivity index (χ0n) is 25.8. The number of aliphatic hydroxyl groups is 1. The molecular formula is C37H43N3O4. The number of nitrogens with zero attached hydrogens (tertiary/aromatic N) is 1. The normalized spacial score (nSPS) is 19.0. The Kier molecular flexibility index (Phi) is 10.8.